The van der Waals surface area contributed by atoms with Crippen molar-refractivity contribution >= 4 is 28.4 Å². The average molecular weight is 469 g/mol. The monoisotopic (exact) mass is 468 g/mol. The molecule has 0 fully saturated rings. The van der Waals surface area contributed by atoms with Crippen molar-refractivity contribution in [1.29, 1.82) is 0 Å². The molecule has 2 unspecified atom stereocenters. The van der Waals surface area contributed by atoms with Crippen LogP contribution in [0.3, 0.4) is 0 Å². The lowest BCUT2D eigenvalue weighted by Crippen LogP contribution is -2.55. The quantitative estimate of drug-likeness (QED) is 0.377. The van der Waals surface area contributed by atoms with Crippen molar-refractivity contribution in [3.05, 3.63) is 65.1 Å². The van der Waals surface area contributed by atoms with Crippen molar-refractivity contribution in [1.82, 2.24) is 4.98 Å². The minimum Gasteiger partial charge on any atom is -0.505 e. The van der Waals surface area contributed by atoms with Crippen molar-refractivity contribution in [2.45, 2.75) is 38.6 Å². The molecule has 3 rings (SSSR count). The van der Waals surface area contributed by atoms with Gasteiger partial charge in [-0.05, 0) is 61.1 Å². The predicted octanol–water partition coefficient (Wildman–Crippen LogP) is 5.90. The van der Waals surface area contributed by atoms with Gasteiger partial charge in [-0.3, -0.25) is 4.98 Å². The number of aliphatic hydroxyl groups is 1. The van der Waals surface area contributed by atoms with Crippen molar-refractivity contribution < 1.29 is 27.8 Å². The Hall–Kier alpha value is -2.52. The molecular weight excluding hydrogens is 444 g/mol. The fourth-order valence-electron chi connectivity index (χ4n) is 3.58. The lowest BCUT2D eigenvalue weighted by Gasteiger charge is -2.39. The molecule has 2 aromatic carbocycles. The van der Waals surface area contributed by atoms with Crippen LogP contribution in [0.5, 0.6) is 5.75 Å². The summed E-state index contributed by atoms with van der Waals surface area (Å²) in [7, 11) is 0. The maximum Gasteiger partial charge on any atom is 0.420 e. The van der Waals surface area contributed by atoms with Crippen molar-refractivity contribution in [3.63, 3.8) is 0 Å². The first-order valence-corrected chi connectivity index (χ1v) is 11.1. The molecule has 0 aliphatic carbocycles. The molecule has 0 radical (unpaired) electrons. The second-order valence-electron chi connectivity index (χ2n) is 7.57. The fraction of sp³-hybridized carbons (Fsp3) is 0.348. The topological polar surface area (TPSA) is 65.4 Å². The number of thioether (sulfide) groups is 1. The number of nitrogens with one attached hydrogen (secondary N) is 1. The molecule has 0 saturated heterocycles. The van der Waals surface area contributed by atoms with Crippen LogP contribution in [0.2, 0.25) is 0 Å². The van der Waals surface area contributed by atoms with Gasteiger partial charge in [0.2, 0.25) is 0 Å². The van der Waals surface area contributed by atoms with Gasteiger partial charge >= 0.3 is 6.18 Å². The molecule has 0 amide bonds. The van der Waals surface area contributed by atoms with Crippen LogP contribution in [0.4, 0.5) is 23.2 Å². The second kappa shape index (κ2) is 9.15. The molecule has 2 atom stereocenters. The summed E-state index contributed by atoms with van der Waals surface area (Å²) < 4.78 is 57.3. The van der Waals surface area contributed by atoms with Gasteiger partial charge in [0, 0.05) is 22.5 Å². The molecule has 3 N–H and O–H groups in total. The number of aromatic hydroxyl groups is 1. The highest BCUT2D eigenvalue weighted by Gasteiger charge is 2.59. The molecule has 172 valence electrons. The highest BCUT2D eigenvalue weighted by Crippen LogP contribution is 2.46. The molecule has 0 saturated carbocycles. The molecule has 0 bridgehead atoms. The first kappa shape index (κ1) is 24.1. The highest BCUT2D eigenvalue weighted by molar-refractivity contribution is 7.99. The molecular formula is C23H24F4N2O2S. The number of anilines is 1. The van der Waals surface area contributed by atoms with Gasteiger partial charge in [0.1, 0.15) is 0 Å². The van der Waals surface area contributed by atoms with Gasteiger partial charge < -0.3 is 15.5 Å². The molecule has 0 aliphatic rings. The number of fused-ring (bicyclic) bond motifs is 1. The van der Waals surface area contributed by atoms with Gasteiger partial charge in [0.25, 0.3) is 0 Å². The number of nitrogens with zero attached hydrogens (tertiary/aromatic N) is 1. The number of benzene rings is 2. The Labute approximate surface area is 187 Å². The van der Waals surface area contributed by atoms with Crippen LogP contribution < -0.4 is 5.32 Å². The summed E-state index contributed by atoms with van der Waals surface area (Å²) >= 11 is 0.929. The van der Waals surface area contributed by atoms with E-state index in [9.17, 15) is 27.8 Å². The van der Waals surface area contributed by atoms with Crippen LogP contribution in [0.1, 0.15) is 29.8 Å². The van der Waals surface area contributed by atoms with Crippen LogP contribution in [0.15, 0.2) is 42.5 Å². The number of phenols is 1. The minimum absolute atomic E-state index is 0.103. The molecule has 0 spiro atoms. The van der Waals surface area contributed by atoms with Crippen LogP contribution >= 0.6 is 11.8 Å². The first-order valence-electron chi connectivity index (χ1n) is 9.97. The van der Waals surface area contributed by atoms with E-state index in [1.54, 1.807) is 44.2 Å². The number of hydrogen-bond acceptors (Lipinski definition) is 5. The summed E-state index contributed by atoms with van der Waals surface area (Å²) in [5.41, 5.74) is -1.87. The molecule has 0 aliphatic heterocycles. The third-order valence-corrected chi connectivity index (χ3v) is 6.44. The zero-order valence-corrected chi connectivity index (χ0v) is 18.6. The van der Waals surface area contributed by atoms with Crippen molar-refractivity contribution in [2.75, 3.05) is 16.8 Å². The lowest BCUT2D eigenvalue weighted by atomic mass is 9.86. The fourth-order valence-corrected chi connectivity index (χ4v) is 4.42. The Morgan fingerprint density at radius 1 is 1.09 bits per heavy atom. The van der Waals surface area contributed by atoms with E-state index in [1.165, 1.54) is 13.0 Å². The normalized spacial score (nSPS) is 14.9. The number of rotatable bonds is 7. The summed E-state index contributed by atoms with van der Waals surface area (Å²) in [5.74, 6) is -2.01. The van der Waals surface area contributed by atoms with Gasteiger partial charge in [-0.2, -0.15) is 24.9 Å². The van der Waals surface area contributed by atoms with Gasteiger partial charge in [-0.25, -0.2) is 4.39 Å². The van der Waals surface area contributed by atoms with Crippen LogP contribution in [-0.4, -0.2) is 38.5 Å². The summed E-state index contributed by atoms with van der Waals surface area (Å²) in [4.78, 5) is 4.40. The largest absolute Gasteiger partial charge is 0.505 e. The standard InChI is InChI=1S/C23H24F4N2O2S/c1-4-32-12-22(31,23(25,26)27)21(15-10-11-19(30)20(24)14(15)3)29-18-7-5-6-17-16(18)9-8-13(2)28-17/h5-11,21,29-31H,4,12H2,1-3H3. The Kier molecular flexibility index (Phi) is 6.90. The maximum absolute atomic E-state index is 14.5. The van der Waals surface area contributed by atoms with E-state index in [4.69, 9.17) is 0 Å². The van der Waals surface area contributed by atoms with Gasteiger partial charge in [-0.1, -0.05) is 19.1 Å². The Morgan fingerprint density at radius 2 is 1.81 bits per heavy atom. The smallest absolute Gasteiger partial charge is 0.420 e. The maximum atomic E-state index is 14.5. The second-order valence-corrected chi connectivity index (χ2v) is 8.85. The summed E-state index contributed by atoms with van der Waals surface area (Å²) in [6.45, 7) is 4.76. The van der Waals surface area contributed by atoms with Crippen LogP contribution in [0, 0.1) is 19.7 Å². The molecule has 9 heteroatoms. The third kappa shape index (κ3) is 4.49. The van der Waals surface area contributed by atoms with Gasteiger partial charge in [-0.15, -0.1) is 0 Å². The lowest BCUT2D eigenvalue weighted by molar-refractivity contribution is -0.256. The molecule has 1 aromatic heterocycles. The van der Waals surface area contributed by atoms with Gasteiger partial charge in [0.15, 0.2) is 17.2 Å². The molecule has 4 nitrogen and oxygen atoms in total. The summed E-state index contributed by atoms with van der Waals surface area (Å²) in [6, 6.07) is 8.87. The molecule has 1 heterocycles. The zero-order chi connectivity index (χ0) is 23.7. The molecule has 3 aromatic rings. The Balaban J connectivity index is 2.23. The van der Waals surface area contributed by atoms with E-state index in [0.717, 1.165) is 23.5 Å². The van der Waals surface area contributed by atoms with E-state index < -0.39 is 35.1 Å². The summed E-state index contributed by atoms with van der Waals surface area (Å²) in [5, 5.41) is 24.1. The molecule has 32 heavy (non-hydrogen) atoms. The SMILES string of the molecule is CCSCC(O)(C(Nc1cccc2nc(C)ccc12)c1ccc(O)c(F)c1C)C(F)(F)F. The third-order valence-electron chi connectivity index (χ3n) is 5.38. The minimum atomic E-state index is -5.02. The predicted molar refractivity (Wildman–Crippen MR) is 120 cm³/mol. The van der Waals surface area contributed by atoms with E-state index >= 15 is 0 Å². The highest BCUT2D eigenvalue weighted by atomic mass is 32.2. The Morgan fingerprint density at radius 3 is 2.47 bits per heavy atom. The zero-order valence-electron chi connectivity index (χ0n) is 17.8. The van der Waals surface area contributed by atoms with E-state index in [1.807, 2.05) is 0 Å². The number of pyridine rings is 1. The number of aryl methyl sites for hydroxylation is 1. The first-order chi connectivity index (χ1) is 15.0. The number of phenolic OH excluding ortho intramolecular Hbond substituents is 1. The Bertz CT molecular complexity index is 1120. The van der Waals surface area contributed by atoms with Crippen LogP contribution in [-0.2, 0) is 0 Å². The number of aromatic nitrogens is 1. The van der Waals surface area contributed by atoms with E-state index in [-0.39, 0.29) is 11.1 Å². The average Bonchev–Trinajstić information content (AvgIpc) is 2.73. The number of hydrogen-bond donors (Lipinski definition) is 3. The van der Waals surface area contributed by atoms with E-state index in [0.29, 0.717) is 22.3 Å². The number of alkyl halides is 3. The summed E-state index contributed by atoms with van der Waals surface area (Å²) in [6.07, 6.45) is -5.02. The van der Waals surface area contributed by atoms with E-state index in [2.05, 4.69) is 10.3 Å². The van der Waals surface area contributed by atoms with Crippen LogP contribution in [0.25, 0.3) is 10.9 Å². The van der Waals surface area contributed by atoms with Crippen molar-refractivity contribution in [3.8, 4) is 5.75 Å². The van der Waals surface area contributed by atoms with Crippen molar-refractivity contribution in [2.24, 2.45) is 0 Å². The number of halogens is 4. The van der Waals surface area contributed by atoms with Gasteiger partial charge in [0.05, 0.1) is 11.6 Å².